The zero-order valence-corrected chi connectivity index (χ0v) is 16.2. The molecule has 3 N–H and O–H groups in total. The van der Waals surface area contributed by atoms with Gasteiger partial charge in [0.15, 0.2) is 0 Å². The number of morpholine rings is 1. The second-order valence-electron chi connectivity index (χ2n) is 7.16. The molecule has 6 nitrogen and oxygen atoms in total. The van der Waals surface area contributed by atoms with Gasteiger partial charge in [0.25, 0.3) is 5.91 Å². The second-order valence-corrected chi connectivity index (χ2v) is 7.16. The molecule has 1 saturated heterocycles. The van der Waals surface area contributed by atoms with Crippen LogP contribution in [0.25, 0.3) is 5.57 Å². The minimum Gasteiger partial charge on any atom is -0.385 e. The summed E-state index contributed by atoms with van der Waals surface area (Å²) < 4.78 is 18.7. The molecule has 2 aliphatic rings. The molecule has 2 aromatic rings. The Balaban J connectivity index is 1.27. The lowest BCUT2D eigenvalue weighted by molar-refractivity contribution is -0.110. The van der Waals surface area contributed by atoms with Crippen molar-refractivity contribution < 1.29 is 13.9 Å². The smallest absolute Gasteiger partial charge is 0.257 e. The van der Waals surface area contributed by atoms with Gasteiger partial charge in [0, 0.05) is 42.8 Å². The van der Waals surface area contributed by atoms with E-state index in [0.29, 0.717) is 16.8 Å². The van der Waals surface area contributed by atoms with Gasteiger partial charge in [-0.1, -0.05) is 0 Å². The summed E-state index contributed by atoms with van der Waals surface area (Å²) in [5.74, 6) is -0.608. The molecule has 0 bridgehead atoms. The quantitative estimate of drug-likeness (QED) is 0.495. The molecule has 0 radical (unpaired) electrons. The Labute approximate surface area is 169 Å². The number of hydrogen-bond donors (Lipinski definition) is 3. The average molecular weight is 396 g/mol. The molecular formula is C22H25FN4O2. The van der Waals surface area contributed by atoms with E-state index in [4.69, 9.17) is 4.74 Å². The van der Waals surface area contributed by atoms with Gasteiger partial charge in [-0.3, -0.25) is 9.69 Å². The monoisotopic (exact) mass is 396 g/mol. The second kappa shape index (κ2) is 9.07. The number of carbonyl (C=O) groups is 1. The van der Waals surface area contributed by atoms with E-state index in [2.05, 4.69) is 20.9 Å². The van der Waals surface area contributed by atoms with Crippen molar-refractivity contribution in [2.75, 3.05) is 55.3 Å². The molecule has 0 saturated carbocycles. The van der Waals surface area contributed by atoms with Gasteiger partial charge in [-0.05, 0) is 55.4 Å². The summed E-state index contributed by atoms with van der Waals surface area (Å²) in [5, 5.41) is 9.26. The topological polar surface area (TPSA) is 65.6 Å². The third kappa shape index (κ3) is 4.93. The van der Waals surface area contributed by atoms with Crippen molar-refractivity contribution in [2.45, 2.75) is 6.42 Å². The van der Waals surface area contributed by atoms with Crippen LogP contribution in [-0.4, -0.2) is 50.2 Å². The molecule has 29 heavy (non-hydrogen) atoms. The predicted molar refractivity (Wildman–Crippen MR) is 113 cm³/mol. The number of fused-ring (bicyclic) bond motifs is 1. The fraction of sp³-hybridized carbons (Fsp3) is 0.318. The number of halogens is 1. The van der Waals surface area contributed by atoms with E-state index >= 15 is 0 Å². The molecule has 7 heteroatoms. The van der Waals surface area contributed by atoms with Crippen LogP contribution in [0.4, 0.5) is 21.5 Å². The van der Waals surface area contributed by atoms with Crippen LogP contribution < -0.4 is 16.0 Å². The van der Waals surface area contributed by atoms with Crippen LogP contribution in [0.5, 0.6) is 0 Å². The molecule has 1 amide bonds. The highest BCUT2D eigenvalue weighted by Crippen LogP contribution is 2.32. The molecule has 1 fully saturated rings. The molecular weight excluding hydrogens is 371 g/mol. The fourth-order valence-electron chi connectivity index (χ4n) is 3.51. The summed E-state index contributed by atoms with van der Waals surface area (Å²) in [4.78, 5) is 14.5. The van der Waals surface area contributed by atoms with E-state index in [1.165, 1.54) is 12.1 Å². The number of nitrogens with zero attached hydrogens (tertiary/aromatic N) is 1. The van der Waals surface area contributed by atoms with Gasteiger partial charge in [-0.2, -0.15) is 0 Å². The van der Waals surface area contributed by atoms with Crippen LogP contribution in [-0.2, 0) is 9.53 Å². The predicted octanol–water partition coefficient (Wildman–Crippen LogP) is 3.37. The van der Waals surface area contributed by atoms with E-state index in [0.717, 1.165) is 57.2 Å². The van der Waals surface area contributed by atoms with Crippen molar-refractivity contribution in [3.05, 3.63) is 60.0 Å². The Morgan fingerprint density at radius 2 is 1.86 bits per heavy atom. The third-order valence-corrected chi connectivity index (χ3v) is 5.12. The van der Waals surface area contributed by atoms with Crippen LogP contribution in [0.2, 0.25) is 0 Å². The highest BCUT2D eigenvalue weighted by atomic mass is 19.1. The van der Waals surface area contributed by atoms with Crippen molar-refractivity contribution >= 4 is 28.5 Å². The number of rotatable bonds is 7. The first kappa shape index (κ1) is 19.4. The van der Waals surface area contributed by atoms with Crippen molar-refractivity contribution in [3.8, 4) is 0 Å². The summed E-state index contributed by atoms with van der Waals surface area (Å²) >= 11 is 0. The van der Waals surface area contributed by atoms with Crippen LogP contribution in [0.3, 0.4) is 0 Å². The number of hydrogen-bond acceptors (Lipinski definition) is 5. The van der Waals surface area contributed by atoms with Gasteiger partial charge in [-0.15, -0.1) is 0 Å². The Kier molecular flexibility index (Phi) is 6.07. The third-order valence-electron chi connectivity index (χ3n) is 5.12. The van der Waals surface area contributed by atoms with E-state index in [1.54, 1.807) is 12.3 Å². The highest BCUT2D eigenvalue weighted by Gasteiger charge is 2.24. The lowest BCUT2D eigenvalue weighted by atomic mass is 10.1. The van der Waals surface area contributed by atoms with Crippen LogP contribution in [0, 0.1) is 5.82 Å². The molecule has 0 atom stereocenters. The highest BCUT2D eigenvalue weighted by molar-refractivity contribution is 6.31. The summed E-state index contributed by atoms with van der Waals surface area (Å²) in [5.41, 5.74) is 3.62. The van der Waals surface area contributed by atoms with E-state index in [1.807, 2.05) is 24.3 Å². The molecule has 2 aliphatic heterocycles. The van der Waals surface area contributed by atoms with Gasteiger partial charge in [0.2, 0.25) is 0 Å². The maximum atomic E-state index is 13.3. The summed E-state index contributed by atoms with van der Waals surface area (Å²) in [6.45, 7) is 5.71. The van der Waals surface area contributed by atoms with Gasteiger partial charge in [0.05, 0.1) is 24.5 Å². The lowest BCUT2D eigenvalue weighted by Gasteiger charge is -2.26. The van der Waals surface area contributed by atoms with Gasteiger partial charge >= 0.3 is 0 Å². The lowest BCUT2D eigenvalue weighted by Crippen LogP contribution is -2.37. The Hall–Kier alpha value is -2.90. The van der Waals surface area contributed by atoms with Crippen LogP contribution in [0.1, 0.15) is 12.0 Å². The SMILES string of the molecule is O=C1Nc2cc(F)ccc2C1=CNc1ccc(NCCCN2CCOCC2)cc1. The van der Waals surface area contributed by atoms with E-state index in [-0.39, 0.29) is 11.7 Å². The Bertz CT molecular complexity index is 892. The average Bonchev–Trinajstić information content (AvgIpc) is 3.05. The molecule has 152 valence electrons. The van der Waals surface area contributed by atoms with Gasteiger partial charge in [-0.25, -0.2) is 4.39 Å². The van der Waals surface area contributed by atoms with E-state index in [9.17, 15) is 9.18 Å². The molecule has 0 unspecified atom stereocenters. The number of ether oxygens (including phenoxy) is 1. The first-order chi connectivity index (χ1) is 14.2. The number of anilines is 3. The molecule has 0 spiro atoms. The molecule has 2 heterocycles. The fourth-order valence-corrected chi connectivity index (χ4v) is 3.51. The largest absolute Gasteiger partial charge is 0.385 e. The molecule has 0 aromatic heterocycles. The number of amides is 1. The summed E-state index contributed by atoms with van der Waals surface area (Å²) in [7, 11) is 0. The van der Waals surface area contributed by atoms with Crippen LogP contribution in [0.15, 0.2) is 48.7 Å². The molecule has 0 aliphatic carbocycles. The van der Waals surface area contributed by atoms with Crippen molar-refractivity contribution in [1.82, 2.24) is 4.90 Å². The molecule has 4 rings (SSSR count). The minimum atomic E-state index is -0.369. The maximum absolute atomic E-state index is 13.3. The zero-order chi connectivity index (χ0) is 20.1. The van der Waals surface area contributed by atoms with Gasteiger partial charge in [0.1, 0.15) is 5.82 Å². The van der Waals surface area contributed by atoms with Crippen molar-refractivity contribution in [3.63, 3.8) is 0 Å². The minimum absolute atomic E-state index is 0.239. The summed E-state index contributed by atoms with van der Waals surface area (Å²) in [6, 6.07) is 12.2. The normalized spacial score (nSPS) is 17.8. The zero-order valence-electron chi connectivity index (χ0n) is 16.2. The molecule has 2 aromatic carbocycles. The van der Waals surface area contributed by atoms with Gasteiger partial charge < -0.3 is 20.7 Å². The first-order valence-electron chi connectivity index (χ1n) is 9.91. The van der Waals surface area contributed by atoms with Crippen molar-refractivity contribution in [2.24, 2.45) is 0 Å². The number of nitrogens with one attached hydrogen (secondary N) is 3. The van der Waals surface area contributed by atoms with Crippen LogP contribution >= 0.6 is 0 Å². The van der Waals surface area contributed by atoms with E-state index < -0.39 is 0 Å². The number of benzene rings is 2. The number of carbonyl (C=O) groups excluding carboxylic acids is 1. The first-order valence-corrected chi connectivity index (χ1v) is 9.91. The van der Waals surface area contributed by atoms with Crippen molar-refractivity contribution in [1.29, 1.82) is 0 Å². The standard InChI is InChI=1S/C22H25FN4O2/c23-16-2-7-19-20(22(28)26-21(19)14-16)15-25-18-5-3-17(4-6-18)24-8-1-9-27-10-12-29-13-11-27/h2-7,14-15,24-25H,1,8-13H2,(H,26,28). The Morgan fingerprint density at radius 3 is 2.66 bits per heavy atom. The Morgan fingerprint density at radius 1 is 1.10 bits per heavy atom. The summed E-state index contributed by atoms with van der Waals surface area (Å²) in [6.07, 6.45) is 2.74. The maximum Gasteiger partial charge on any atom is 0.257 e.